The summed E-state index contributed by atoms with van der Waals surface area (Å²) in [6.45, 7) is 0. The van der Waals surface area contributed by atoms with Crippen LogP contribution >= 0.6 is 11.6 Å². The van der Waals surface area contributed by atoms with Crippen molar-refractivity contribution in [2.45, 2.75) is 19.3 Å². The molecule has 0 fully saturated rings. The zero-order valence-electron chi connectivity index (χ0n) is 10.3. The predicted molar refractivity (Wildman–Crippen MR) is 75.7 cm³/mol. The Bertz CT molecular complexity index is 656. The molecule has 1 aliphatic carbocycles. The molecular weight excluding hydrogens is 258 g/mol. The number of hydrogen-bond acceptors (Lipinski definition) is 3. The fraction of sp³-hybridized carbons (Fsp3) is 0.200. The van der Waals surface area contributed by atoms with Crippen LogP contribution in [0.3, 0.4) is 0 Å². The molecule has 0 bridgehead atoms. The molecule has 3 nitrogen and oxygen atoms in total. The van der Waals surface area contributed by atoms with E-state index in [0.29, 0.717) is 16.4 Å². The molecule has 19 heavy (non-hydrogen) atoms. The first-order valence-electron chi connectivity index (χ1n) is 6.22. The van der Waals surface area contributed by atoms with Crippen LogP contribution in [0.5, 0.6) is 0 Å². The van der Waals surface area contributed by atoms with Gasteiger partial charge in [0, 0.05) is 16.4 Å². The van der Waals surface area contributed by atoms with Gasteiger partial charge in [0.1, 0.15) is 11.9 Å². The van der Waals surface area contributed by atoms with Crippen LogP contribution in [0.1, 0.15) is 23.2 Å². The van der Waals surface area contributed by atoms with Crippen molar-refractivity contribution >= 4 is 23.1 Å². The molecule has 0 radical (unpaired) electrons. The third-order valence-electron chi connectivity index (χ3n) is 3.28. The molecule has 0 amide bonds. The minimum Gasteiger partial charge on any atom is -0.339 e. The van der Waals surface area contributed by atoms with E-state index in [9.17, 15) is 5.26 Å². The molecule has 1 N–H and O–H groups in total. The first kappa shape index (κ1) is 12.0. The Balaban J connectivity index is 1.96. The molecule has 1 heterocycles. The zero-order valence-corrected chi connectivity index (χ0v) is 11.0. The Morgan fingerprint density at radius 1 is 1.21 bits per heavy atom. The molecule has 0 saturated heterocycles. The van der Waals surface area contributed by atoms with Crippen molar-refractivity contribution in [1.29, 1.82) is 5.26 Å². The van der Waals surface area contributed by atoms with Crippen molar-refractivity contribution in [3.63, 3.8) is 0 Å². The van der Waals surface area contributed by atoms with E-state index in [2.05, 4.69) is 16.4 Å². The quantitative estimate of drug-likeness (QED) is 0.901. The Labute approximate surface area is 116 Å². The van der Waals surface area contributed by atoms with Crippen molar-refractivity contribution in [3.8, 4) is 6.07 Å². The van der Waals surface area contributed by atoms with E-state index in [1.165, 1.54) is 5.56 Å². The molecule has 0 atom stereocenters. The van der Waals surface area contributed by atoms with Gasteiger partial charge in [0.05, 0.1) is 5.56 Å². The first-order chi connectivity index (χ1) is 9.26. The number of nitrogens with zero attached hydrogens (tertiary/aromatic N) is 2. The summed E-state index contributed by atoms with van der Waals surface area (Å²) >= 11 is 5.85. The minimum absolute atomic E-state index is 0.593. The number of anilines is 2. The second-order valence-electron chi connectivity index (χ2n) is 4.59. The Morgan fingerprint density at radius 3 is 2.74 bits per heavy atom. The lowest BCUT2D eigenvalue weighted by molar-refractivity contribution is 0.900. The van der Waals surface area contributed by atoms with Gasteiger partial charge >= 0.3 is 0 Å². The van der Waals surface area contributed by atoms with E-state index in [-0.39, 0.29) is 0 Å². The maximum absolute atomic E-state index is 9.22. The van der Waals surface area contributed by atoms with Gasteiger partial charge in [-0.15, -0.1) is 0 Å². The van der Waals surface area contributed by atoms with Crippen molar-refractivity contribution in [3.05, 3.63) is 52.2 Å². The molecular formula is C15H12ClN3. The number of aryl methyl sites for hydroxylation is 2. The largest absolute Gasteiger partial charge is 0.339 e. The number of nitriles is 1. The van der Waals surface area contributed by atoms with E-state index >= 15 is 0 Å². The number of aromatic nitrogens is 1. The molecule has 0 aliphatic heterocycles. The summed E-state index contributed by atoms with van der Waals surface area (Å²) < 4.78 is 0. The van der Waals surface area contributed by atoms with Crippen LogP contribution in [0.15, 0.2) is 30.3 Å². The number of nitrogens with one attached hydrogen (secondary N) is 1. The SMILES string of the molecule is N#Cc1cc2c(nc1Nc1ccc(Cl)cc1)CCC2. The van der Waals surface area contributed by atoms with Crippen LogP contribution in [0.2, 0.25) is 5.02 Å². The van der Waals surface area contributed by atoms with Crippen LogP contribution in [0, 0.1) is 11.3 Å². The van der Waals surface area contributed by atoms with Gasteiger partial charge in [0.2, 0.25) is 0 Å². The van der Waals surface area contributed by atoms with Crippen molar-refractivity contribution in [2.24, 2.45) is 0 Å². The maximum atomic E-state index is 9.22. The molecule has 4 heteroatoms. The van der Waals surface area contributed by atoms with Crippen molar-refractivity contribution < 1.29 is 0 Å². The average molecular weight is 270 g/mol. The smallest absolute Gasteiger partial charge is 0.148 e. The fourth-order valence-electron chi connectivity index (χ4n) is 2.32. The van der Waals surface area contributed by atoms with Gasteiger partial charge < -0.3 is 5.32 Å². The zero-order chi connectivity index (χ0) is 13.2. The van der Waals surface area contributed by atoms with Crippen LogP contribution in [0.25, 0.3) is 0 Å². The predicted octanol–water partition coefficient (Wildman–Crippen LogP) is 3.84. The highest BCUT2D eigenvalue weighted by Gasteiger charge is 2.16. The number of hydrogen-bond donors (Lipinski definition) is 1. The lowest BCUT2D eigenvalue weighted by Gasteiger charge is -2.09. The lowest BCUT2D eigenvalue weighted by Crippen LogP contribution is -2.00. The Kier molecular flexibility index (Phi) is 3.10. The standard InChI is InChI=1S/C15H12ClN3/c16-12-4-6-13(7-5-12)18-15-11(9-17)8-10-2-1-3-14(10)19-15/h4-8H,1-3H2,(H,18,19). The second-order valence-corrected chi connectivity index (χ2v) is 5.02. The van der Waals surface area contributed by atoms with Gasteiger partial charge in [-0.05, 0) is 55.2 Å². The molecule has 1 aliphatic rings. The molecule has 0 spiro atoms. The van der Waals surface area contributed by atoms with Crippen LogP contribution < -0.4 is 5.32 Å². The maximum Gasteiger partial charge on any atom is 0.148 e. The average Bonchev–Trinajstić information content (AvgIpc) is 2.87. The first-order valence-corrected chi connectivity index (χ1v) is 6.59. The molecule has 0 saturated carbocycles. The third-order valence-corrected chi connectivity index (χ3v) is 3.53. The summed E-state index contributed by atoms with van der Waals surface area (Å²) in [5.41, 5.74) is 3.79. The van der Waals surface area contributed by atoms with E-state index in [1.54, 1.807) is 0 Å². The summed E-state index contributed by atoms with van der Waals surface area (Å²) in [7, 11) is 0. The summed E-state index contributed by atoms with van der Waals surface area (Å²) in [4.78, 5) is 4.58. The topological polar surface area (TPSA) is 48.7 Å². The molecule has 0 unspecified atom stereocenters. The minimum atomic E-state index is 0.593. The number of halogens is 1. The highest BCUT2D eigenvalue weighted by atomic mass is 35.5. The van der Waals surface area contributed by atoms with Gasteiger partial charge in [0.25, 0.3) is 0 Å². The Hall–Kier alpha value is -2.05. The highest BCUT2D eigenvalue weighted by Crippen LogP contribution is 2.27. The molecule has 2 aromatic rings. The van der Waals surface area contributed by atoms with Crippen molar-refractivity contribution in [1.82, 2.24) is 4.98 Å². The van der Waals surface area contributed by atoms with E-state index < -0.39 is 0 Å². The number of rotatable bonds is 2. The Morgan fingerprint density at radius 2 is 2.00 bits per heavy atom. The van der Waals surface area contributed by atoms with Crippen LogP contribution in [0.4, 0.5) is 11.5 Å². The van der Waals surface area contributed by atoms with Crippen molar-refractivity contribution in [2.75, 3.05) is 5.32 Å². The van der Waals surface area contributed by atoms with Gasteiger partial charge in [-0.2, -0.15) is 5.26 Å². The van der Waals surface area contributed by atoms with Gasteiger partial charge in [-0.3, -0.25) is 0 Å². The van der Waals surface area contributed by atoms with E-state index in [0.717, 1.165) is 30.6 Å². The van der Waals surface area contributed by atoms with Gasteiger partial charge in [0.15, 0.2) is 0 Å². The van der Waals surface area contributed by atoms with Crippen LogP contribution in [-0.4, -0.2) is 4.98 Å². The van der Waals surface area contributed by atoms with E-state index in [4.69, 9.17) is 11.6 Å². The van der Waals surface area contributed by atoms with Crippen LogP contribution in [-0.2, 0) is 12.8 Å². The molecule has 1 aromatic heterocycles. The number of fused-ring (bicyclic) bond motifs is 1. The summed E-state index contributed by atoms with van der Waals surface area (Å²) in [5.74, 6) is 0.630. The fourth-order valence-corrected chi connectivity index (χ4v) is 2.45. The third kappa shape index (κ3) is 2.40. The lowest BCUT2D eigenvalue weighted by atomic mass is 10.1. The molecule has 94 valence electrons. The summed E-state index contributed by atoms with van der Waals surface area (Å²) in [6, 6.07) is 11.5. The molecule has 1 aromatic carbocycles. The second kappa shape index (κ2) is 4.91. The monoisotopic (exact) mass is 269 g/mol. The van der Waals surface area contributed by atoms with Gasteiger partial charge in [-0.25, -0.2) is 4.98 Å². The number of pyridine rings is 1. The normalized spacial score (nSPS) is 12.8. The summed E-state index contributed by atoms with van der Waals surface area (Å²) in [5, 5.41) is 13.1. The summed E-state index contributed by atoms with van der Waals surface area (Å²) in [6.07, 6.45) is 3.15. The van der Waals surface area contributed by atoms with E-state index in [1.807, 2.05) is 30.3 Å². The highest BCUT2D eigenvalue weighted by molar-refractivity contribution is 6.30. The number of benzene rings is 1. The van der Waals surface area contributed by atoms with Gasteiger partial charge in [-0.1, -0.05) is 11.6 Å². The molecule has 3 rings (SSSR count).